The van der Waals surface area contributed by atoms with Crippen LogP contribution < -0.4 is 5.73 Å². The van der Waals surface area contributed by atoms with Gasteiger partial charge in [-0.2, -0.15) is 4.98 Å². The molecule has 0 aliphatic carbocycles. The lowest BCUT2D eigenvalue weighted by Gasteiger charge is -2.13. The van der Waals surface area contributed by atoms with Gasteiger partial charge < -0.3 is 15.6 Å². The van der Waals surface area contributed by atoms with Crippen LogP contribution >= 0.6 is 11.8 Å². The van der Waals surface area contributed by atoms with E-state index < -0.39 is 5.97 Å². The molecule has 0 bridgehead atoms. The summed E-state index contributed by atoms with van der Waals surface area (Å²) in [5.74, 6) is 0.124. The Morgan fingerprint density at radius 3 is 3.18 bits per heavy atom. The molecular weight excluding hydrogens is 304 g/mol. The van der Waals surface area contributed by atoms with Crippen LogP contribution in [-0.2, 0) is 9.53 Å². The standard InChI is InChI=1S/C14H14N4O3S/c15-9-3-1-2-8(6-9)10-4-5-11(21-10)13-16-14(18-17-13)22-7-12(19)20/h1-3,5-6,10H,4,7,15H2,(H,19,20)(H,16,17,18). The van der Waals surface area contributed by atoms with Crippen LogP contribution in [0.15, 0.2) is 35.5 Å². The predicted molar refractivity (Wildman–Crippen MR) is 82.0 cm³/mol. The van der Waals surface area contributed by atoms with E-state index in [0.717, 1.165) is 23.7 Å². The predicted octanol–water partition coefficient (Wildman–Crippen LogP) is 2.07. The van der Waals surface area contributed by atoms with Crippen LogP contribution in [0.25, 0.3) is 5.76 Å². The summed E-state index contributed by atoms with van der Waals surface area (Å²) in [6, 6.07) is 7.57. The first-order valence-electron chi connectivity index (χ1n) is 6.61. The highest BCUT2D eigenvalue weighted by Gasteiger charge is 2.23. The number of nitrogens with two attached hydrogens (primary N) is 1. The van der Waals surface area contributed by atoms with Crippen molar-refractivity contribution in [2.45, 2.75) is 17.7 Å². The maximum Gasteiger partial charge on any atom is 0.313 e. The van der Waals surface area contributed by atoms with Gasteiger partial charge in [-0.25, -0.2) is 0 Å². The molecule has 22 heavy (non-hydrogen) atoms. The quantitative estimate of drug-likeness (QED) is 0.571. The van der Waals surface area contributed by atoms with E-state index in [1.807, 2.05) is 30.3 Å². The zero-order valence-electron chi connectivity index (χ0n) is 11.5. The van der Waals surface area contributed by atoms with Gasteiger partial charge in [-0.1, -0.05) is 23.9 Å². The highest BCUT2D eigenvalue weighted by Crippen LogP contribution is 2.35. The lowest BCUT2D eigenvalue weighted by molar-refractivity contribution is -0.133. The van der Waals surface area contributed by atoms with Gasteiger partial charge in [-0.15, -0.1) is 5.10 Å². The third-order valence-electron chi connectivity index (χ3n) is 3.09. The number of aromatic nitrogens is 3. The number of nitrogen functional groups attached to an aromatic ring is 1. The average molecular weight is 318 g/mol. The van der Waals surface area contributed by atoms with Gasteiger partial charge in [0.1, 0.15) is 6.10 Å². The molecule has 0 fully saturated rings. The molecule has 0 radical (unpaired) electrons. The van der Waals surface area contributed by atoms with Crippen LogP contribution in [0.4, 0.5) is 5.69 Å². The Kier molecular flexibility index (Phi) is 4.01. The Labute approximate surface area is 130 Å². The first-order chi connectivity index (χ1) is 10.6. The van der Waals surface area contributed by atoms with Crippen molar-refractivity contribution >= 4 is 29.2 Å². The lowest BCUT2D eigenvalue weighted by atomic mass is 10.1. The number of benzene rings is 1. The maximum absolute atomic E-state index is 10.5. The molecule has 7 nitrogen and oxygen atoms in total. The molecule has 0 saturated carbocycles. The highest BCUT2D eigenvalue weighted by atomic mass is 32.2. The number of anilines is 1. The molecule has 114 valence electrons. The van der Waals surface area contributed by atoms with Crippen LogP contribution in [0.5, 0.6) is 0 Å². The average Bonchev–Trinajstić information content (AvgIpc) is 3.14. The van der Waals surface area contributed by atoms with E-state index in [1.165, 1.54) is 0 Å². The SMILES string of the molecule is Nc1cccc(C2CC=C(c3nc(SCC(=O)O)n[nH]3)O2)c1. The molecule has 3 rings (SSSR count). The van der Waals surface area contributed by atoms with E-state index >= 15 is 0 Å². The number of carboxylic acids is 1. The van der Waals surface area contributed by atoms with Crippen LogP contribution in [0.3, 0.4) is 0 Å². The van der Waals surface area contributed by atoms with Crippen molar-refractivity contribution in [3.05, 3.63) is 41.7 Å². The van der Waals surface area contributed by atoms with E-state index in [1.54, 1.807) is 0 Å². The van der Waals surface area contributed by atoms with Gasteiger partial charge in [0.15, 0.2) is 11.6 Å². The number of carboxylic acid groups (broad SMARTS) is 1. The highest BCUT2D eigenvalue weighted by molar-refractivity contribution is 7.99. The van der Waals surface area contributed by atoms with Gasteiger partial charge in [0, 0.05) is 12.1 Å². The number of nitrogens with zero attached hydrogens (tertiary/aromatic N) is 2. The van der Waals surface area contributed by atoms with Crippen LogP contribution in [0.1, 0.15) is 23.9 Å². The Balaban J connectivity index is 1.66. The number of rotatable bonds is 5. The van der Waals surface area contributed by atoms with Crippen LogP contribution in [0, 0.1) is 0 Å². The molecule has 1 atom stereocenters. The number of ether oxygens (including phenoxy) is 1. The Bertz CT molecular complexity index is 728. The second-order valence-corrected chi connectivity index (χ2v) is 5.67. The number of hydrogen-bond acceptors (Lipinski definition) is 6. The zero-order chi connectivity index (χ0) is 15.5. The summed E-state index contributed by atoms with van der Waals surface area (Å²) in [4.78, 5) is 14.8. The van der Waals surface area contributed by atoms with Gasteiger partial charge in [0.05, 0.1) is 5.75 Å². The molecule has 1 aromatic heterocycles. The monoisotopic (exact) mass is 318 g/mol. The third kappa shape index (κ3) is 3.22. The van der Waals surface area contributed by atoms with Crippen molar-refractivity contribution in [1.82, 2.24) is 15.2 Å². The summed E-state index contributed by atoms with van der Waals surface area (Å²) in [5, 5.41) is 15.8. The number of thioether (sulfide) groups is 1. The second kappa shape index (κ2) is 6.10. The first-order valence-corrected chi connectivity index (χ1v) is 7.60. The minimum atomic E-state index is -0.908. The van der Waals surface area contributed by atoms with Crippen LogP contribution in [-0.4, -0.2) is 32.0 Å². The fraction of sp³-hybridized carbons (Fsp3) is 0.214. The fourth-order valence-electron chi connectivity index (χ4n) is 2.13. The molecule has 1 aliphatic heterocycles. The molecule has 2 heterocycles. The molecule has 4 N–H and O–H groups in total. The molecular formula is C14H14N4O3S. The van der Waals surface area contributed by atoms with Gasteiger partial charge in [-0.3, -0.25) is 9.89 Å². The van der Waals surface area contributed by atoms with E-state index in [0.29, 0.717) is 22.4 Å². The number of aromatic amines is 1. The molecule has 0 spiro atoms. The Hall–Kier alpha value is -2.48. The van der Waals surface area contributed by atoms with E-state index in [4.69, 9.17) is 15.6 Å². The van der Waals surface area contributed by atoms with Gasteiger partial charge >= 0.3 is 5.97 Å². The molecule has 0 saturated heterocycles. The summed E-state index contributed by atoms with van der Waals surface area (Å²) in [5.41, 5.74) is 7.48. The largest absolute Gasteiger partial charge is 0.482 e. The van der Waals surface area contributed by atoms with Crippen molar-refractivity contribution in [1.29, 1.82) is 0 Å². The van der Waals surface area contributed by atoms with Crippen LogP contribution in [0.2, 0.25) is 0 Å². The topological polar surface area (TPSA) is 114 Å². The van der Waals surface area contributed by atoms with Crippen molar-refractivity contribution < 1.29 is 14.6 Å². The molecule has 2 aromatic rings. The number of aliphatic carboxylic acids is 1. The van der Waals surface area contributed by atoms with E-state index in [2.05, 4.69) is 15.2 Å². The van der Waals surface area contributed by atoms with Crippen molar-refractivity contribution in [2.75, 3.05) is 11.5 Å². The summed E-state index contributed by atoms with van der Waals surface area (Å²) in [6.45, 7) is 0. The second-order valence-electron chi connectivity index (χ2n) is 4.73. The van der Waals surface area contributed by atoms with Gasteiger partial charge in [0.25, 0.3) is 0 Å². The van der Waals surface area contributed by atoms with Crippen molar-refractivity contribution in [3.8, 4) is 0 Å². The van der Waals surface area contributed by atoms with Crippen molar-refractivity contribution in [2.24, 2.45) is 0 Å². The number of nitrogens with one attached hydrogen (secondary N) is 1. The summed E-state index contributed by atoms with van der Waals surface area (Å²) in [7, 11) is 0. The maximum atomic E-state index is 10.5. The Morgan fingerprint density at radius 2 is 2.41 bits per heavy atom. The minimum Gasteiger partial charge on any atom is -0.482 e. The summed E-state index contributed by atoms with van der Waals surface area (Å²) in [6.07, 6.45) is 2.55. The molecule has 1 aromatic carbocycles. The van der Waals surface area contributed by atoms with Gasteiger partial charge in [0.2, 0.25) is 5.16 Å². The zero-order valence-corrected chi connectivity index (χ0v) is 12.3. The molecule has 8 heteroatoms. The molecule has 1 unspecified atom stereocenters. The normalized spacial score (nSPS) is 17.1. The summed E-state index contributed by atoms with van der Waals surface area (Å²) < 4.78 is 5.87. The van der Waals surface area contributed by atoms with E-state index in [-0.39, 0.29) is 11.9 Å². The smallest absolute Gasteiger partial charge is 0.313 e. The van der Waals surface area contributed by atoms with Gasteiger partial charge in [-0.05, 0) is 23.8 Å². The number of hydrogen-bond donors (Lipinski definition) is 3. The first kappa shape index (κ1) is 14.5. The molecule has 0 amide bonds. The third-order valence-corrected chi connectivity index (χ3v) is 3.92. The lowest BCUT2D eigenvalue weighted by Crippen LogP contribution is -1.99. The Morgan fingerprint density at radius 1 is 1.55 bits per heavy atom. The number of carbonyl (C=O) groups is 1. The minimum absolute atomic E-state index is 0.0802. The summed E-state index contributed by atoms with van der Waals surface area (Å²) >= 11 is 1.05. The number of H-pyrrole nitrogens is 1. The molecule has 1 aliphatic rings. The van der Waals surface area contributed by atoms with Crippen molar-refractivity contribution in [3.63, 3.8) is 0 Å². The van der Waals surface area contributed by atoms with E-state index in [9.17, 15) is 4.79 Å². The fourth-order valence-corrected chi connectivity index (χ4v) is 2.65.